The highest BCUT2D eigenvalue weighted by Gasteiger charge is 2.22. The SMILES string of the molecule is CC(C)(O)CCN1CCN(c2n[nH]c3cc(F)ccc23)CC1. The lowest BCUT2D eigenvalue weighted by Crippen LogP contribution is -2.47. The fraction of sp³-hybridized carbons (Fsp3) is 0.562. The number of nitrogens with one attached hydrogen (secondary N) is 1. The maximum absolute atomic E-state index is 13.2. The summed E-state index contributed by atoms with van der Waals surface area (Å²) in [7, 11) is 0. The van der Waals surface area contributed by atoms with Crippen LogP contribution >= 0.6 is 0 Å². The molecule has 1 saturated heterocycles. The summed E-state index contributed by atoms with van der Waals surface area (Å²) < 4.78 is 13.2. The lowest BCUT2D eigenvalue weighted by molar-refractivity contribution is 0.0569. The van der Waals surface area contributed by atoms with Crippen molar-refractivity contribution in [2.45, 2.75) is 25.9 Å². The second-order valence-corrected chi connectivity index (χ2v) is 6.63. The van der Waals surface area contributed by atoms with Crippen molar-refractivity contribution in [1.29, 1.82) is 0 Å². The zero-order valence-electron chi connectivity index (χ0n) is 13.1. The maximum atomic E-state index is 13.2. The second-order valence-electron chi connectivity index (χ2n) is 6.63. The number of piperazine rings is 1. The minimum absolute atomic E-state index is 0.251. The second kappa shape index (κ2) is 5.85. The van der Waals surface area contributed by atoms with Gasteiger partial charge in [0, 0.05) is 38.1 Å². The molecule has 0 radical (unpaired) electrons. The Morgan fingerprint density at radius 2 is 2.00 bits per heavy atom. The van der Waals surface area contributed by atoms with Crippen molar-refractivity contribution in [2.24, 2.45) is 0 Å². The molecule has 1 aromatic carbocycles. The Bertz CT molecular complexity index is 641. The monoisotopic (exact) mass is 306 g/mol. The molecule has 0 saturated carbocycles. The molecular weight excluding hydrogens is 283 g/mol. The van der Waals surface area contributed by atoms with Gasteiger partial charge in [-0.15, -0.1) is 0 Å². The topological polar surface area (TPSA) is 55.4 Å². The van der Waals surface area contributed by atoms with Gasteiger partial charge in [-0.05, 0) is 38.5 Å². The zero-order chi connectivity index (χ0) is 15.7. The van der Waals surface area contributed by atoms with Gasteiger partial charge in [-0.1, -0.05) is 0 Å². The molecule has 120 valence electrons. The molecule has 0 atom stereocenters. The maximum Gasteiger partial charge on any atom is 0.158 e. The third-order valence-electron chi connectivity index (χ3n) is 4.22. The van der Waals surface area contributed by atoms with Crippen LogP contribution in [0.15, 0.2) is 18.2 Å². The fourth-order valence-electron chi connectivity index (χ4n) is 2.83. The van der Waals surface area contributed by atoms with E-state index in [4.69, 9.17) is 0 Å². The number of hydrogen-bond donors (Lipinski definition) is 2. The van der Waals surface area contributed by atoms with Crippen molar-refractivity contribution < 1.29 is 9.50 Å². The number of benzene rings is 1. The van der Waals surface area contributed by atoms with Crippen LogP contribution in [-0.2, 0) is 0 Å². The smallest absolute Gasteiger partial charge is 0.158 e. The number of hydrogen-bond acceptors (Lipinski definition) is 4. The minimum atomic E-state index is -0.612. The van der Waals surface area contributed by atoms with E-state index in [2.05, 4.69) is 20.0 Å². The number of H-pyrrole nitrogens is 1. The average Bonchev–Trinajstić information content (AvgIpc) is 2.88. The predicted octanol–water partition coefficient (Wildman–Crippen LogP) is 1.98. The quantitative estimate of drug-likeness (QED) is 0.907. The zero-order valence-corrected chi connectivity index (χ0v) is 13.1. The van der Waals surface area contributed by atoms with Gasteiger partial charge in [0.05, 0.1) is 11.1 Å². The van der Waals surface area contributed by atoms with Gasteiger partial charge in [0.15, 0.2) is 5.82 Å². The van der Waals surface area contributed by atoms with Crippen LogP contribution in [0.5, 0.6) is 0 Å². The molecule has 22 heavy (non-hydrogen) atoms. The summed E-state index contributed by atoms with van der Waals surface area (Å²) in [5.74, 6) is 0.649. The van der Waals surface area contributed by atoms with E-state index in [9.17, 15) is 9.50 Å². The number of nitrogens with zero attached hydrogens (tertiary/aromatic N) is 3. The molecule has 2 aromatic rings. The Hall–Kier alpha value is -1.66. The largest absolute Gasteiger partial charge is 0.390 e. The van der Waals surface area contributed by atoms with Crippen molar-refractivity contribution >= 4 is 16.7 Å². The summed E-state index contributed by atoms with van der Waals surface area (Å²) in [6.07, 6.45) is 0.775. The van der Waals surface area contributed by atoms with Gasteiger partial charge in [0.1, 0.15) is 5.82 Å². The molecule has 2 N–H and O–H groups in total. The summed E-state index contributed by atoms with van der Waals surface area (Å²) in [6.45, 7) is 8.28. The van der Waals surface area contributed by atoms with Crippen molar-refractivity contribution in [3.8, 4) is 0 Å². The predicted molar refractivity (Wildman–Crippen MR) is 85.6 cm³/mol. The highest BCUT2D eigenvalue weighted by molar-refractivity contribution is 5.90. The number of anilines is 1. The summed E-state index contributed by atoms with van der Waals surface area (Å²) in [6, 6.07) is 4.73. The molecule has 3 rings (SSSR count). The van der Waals surface area contributed by atoms with Crippen LogP contribution < -0.4 is 4.90 Å². The summed E-state index contributed by atoms with van der Waals surface area (Å²) in [5, 5.41) is 18.0. The lowest BCUT2D eigenvalue weighted by Gasteiger charge is -2.36. The van der Waals surface area contributed by atoms with Crippen LogP contribution in [0.2, 0.25) is 0 Å². The number of aliphatic hydroxyl groups is 1. The van der Waals surface area contributed by atoms with E-state index in [1.54, 1.807) is 6.07 Å². The lowest BCUT2D eigenvalue weighted by atomic mass is 10.1. The summed E-state index contributed by atoms with van der Waals surface area (Å²) in [5.41, 5.74) is 0.124. The van der Waals surface area contributed by atoms with E-state index in [1.165, 1.54) is 12.1 Å². The number of fused-ring (bicyclic) bond motifs is 1. The van der Waals surface area contributed by atoms with E-state index in [-0.39, 0.29) is 5.82 Å². The number of aromatic amines is 1. The Labute approximate surface area is 129 Å². The highest BCUT2D eigenvalue weighted by Crippen LogP contribution is 2.25. The molecule has 1 aliphatic rings. The van der Waals surface area contributed by atoms with Gasteiger partial charge in [-0.25, -0.2) is 4.39 Å². The molecule has 0 aliphatic carbocycles. The highest BCUT2D eigenvalue weighted by atomic mass is 19.1. The van der Waals surface area contributed by atoms with Gasteiger partial charge in [0.25, 0.3) is 0 Å². The van der Waals surface area contributed by atoms with E-state index in [0.29, 0.717) is 0 Å². The third-order valence-corrected chi connectivity index (χ3v) is 4.22. The van der Waals surface area contributed by atoms with Gasteiger partial charge in [-0.3, -0.25) is 10.00 Å². The van der Waals surface area contributed by atoms with Crippen molar-refractivity contribution in [1.82, 2.24) is 15.1 Å². The van der Waals surface area contributed by atoms with Gasteiger partial charge < -0.3 is 10.0 Å². The number of halogens is 1. The molecule has 0 spiro atoms. The summed E-state index contributed by atoms with van der Waals surface area (Å²) >= 11 is 0. The van der Waals surface area contributed by atoms with Crippen molar-refractivity contribution in [3.63, 3.8) is 0 Å². The number of rotatable bonds is 4. The molecule has 6 heteroatoms. The molecular formula is C16H23FN4O. The van der Waals surface area contributed by atoms with Crippen LogP contribution in [0, 0.1) is 5.82 Å². The number of aromatic nitrogens is 2. The fourth-order valence-corrected chi connectivity index (χ4v) is 2.83. The van der Waals surface area contributed by atoms with E-state index >= 15 is 0 Å². The van der Waals surface area contributed by atoms with E-state index in [0.717, 1.165) is 55.9 Å². The minimum Gasteiger partial charge on any atom is -0.390 e. The molecule has 2 heterocycles. The normalized spacial score (nSPS) is 17.4. The van der Waals surface area contributed by atoms with Crippen LogP contribution in [-0.4, -0.2) is 58.5 Å². The van der Waals surface area contributed by atoms with Crippen molar-refractivity contribution in [3.05, 3.63) is 24.0 Å². The molecule has 0 bridgehead atoms. The molecule has 0 unspecified atom stereocenters. The first-order chi connectivity index (χ1) is 10.4. The van der Waals surface area contributed by atoms with Crippen molar-refractivity contribution in [2.75, 3.05) is 37.6 Å². The molecule has 0 amide bonds. The standard InChI is InChI=1S/C16H23FN4O/c1-16(2,22)5-6-20-7-9-21(10-8-20)15-13-4-3-12(17)11-14(13)18-19-15/h3-4,11,22H,5-10H2,1-2H3,(H,18,19). The molecule has 1 aromatic heterocycles. The van der Waals surface area contributed by atoms with Gasteiger partial charge in [-0.2, -0.15) is 5.10 Å². The molecule has 1 fully saturated rings. The van der Waals surface area contributed by atoms with Crippen LogP contribution in [0.4, 0.5) is 10.2 Å². The third kappa shape index (κ3) is 3.39. The molecule has 1 aliphatic heterocycles. The average molecular weight is 306 g/mol. The first-order valence-corrected chi connectivity index (χ1v) is 7.76. The Balaban J connectivity index is 1.63. The Morgan fingerprint density at radius 1 is 1.27 bits per heavy atom. The Kier molecular flexibility index (Phi) is 4.06. The summed E-state index contributed by atoms with van der Waals surface area (Å²) in [4.78, 5) is 4.60. The van der Waals surface area contributed by atoms with Crippen LogP contribution in [0.1, 0.15) is 20.3 Å². The van der Waals surface area contributed by atoms with Gasteiger partial charge >= 0.3 is 0 Å². The Morgan fingerprint density at radius 3 is 2.68 bits per heavy atom. The van der Waals surface area contributed by atoms with Gasteiger partial charge in [0.2, 0.25) is 0 Å². The van der Waals surface area contributed by atoms with E-state index < -0.39 is 5.60 Å². The van der Waals surface area contributed by atoms with E-state index in [1.807, 2.05) is 13.8 Å². The molecule has 5 nitrogen and oxygen atoms in total. The van der Waals surface area contributed by atoms with Crippen LogP contribution in [0.3, 0.4) is 0 Å². The first kappa shape index (κ1) is 15.2. The first-order valence-electron chi connectivity index (χ1n) is 7.76. The van der Waals surface area contributed by atoms with Crippen LogP contribution in [0.25, 0.3) is 10.9 Å².